The van der Waals surface area contributed by atoms with Crippen molar-refractivity contribution in [2.75, 3.05) is 20.8 Å². The first-order chi connectivity index (χ1) is 12.9. The number of benzene rings is 1. The molecule has 0 aromatic heterocycles. The van der Waals surface area contributed by atoms with Gasteiger partial charge in [-0.2, -0.15) is 0 Å². The standard InChI is InChI=1S/C17H16Cl2N4O3S/c1-23(25-2)16(24)11-5-8-13(21-17(20)22-15(8)27-11)12-7-3-4-26-14(7)10(19)6-9(12)18/h5-6,8,13H,3-4H2,1-2H3,(H2,20,21). The van der Waals surface area contributed by atoms with Crippen LogP contribution in [0.5, 0.6) is 5.75 Å². The summed E-state index contributed by atoms with van der Waals surface area (Å²) in [6.07, 6.45) is 2.53. The summed E-state index contributed by atoms with van der Waals surface area (Å²) >= 11 is 14.1. The van der Waals surface area contributed by atoms with Gasteiger partial charge < -0.3 is 10.5 Å². The number of hydrogen-bond donors (Lipinski definition) is 1. The molecule has 142 valence electrons. The minimum absolute atomic E-state index is 0.152. The van der Waals surface area contributed by atoms with Crippen molar-refractivity contribution in [3.05, 3.63) is 38.2 Å². The molecule has 2 N–H and O–H groups in total. The molecule has 0 radical (unpaired) electrons. The lowest BCUT2D eigenvalue weighted by Crippen LogP contribution is -2.26. The minimum Gasteiger partial charge on any atom is -0.491 e. The van der Waals surface area contributed by atoms with Gasteiger partial charge in [0, 0.05) is 29.6 Å². The van der Waals surface area contributed by atoms with Crippen molar-refractivity contribution >= 4 is 51.9 Å². The van der Waals surface area contributed by atoms with E-state index in [-0.39, 0.29) is 17.8 Å². The third kappa shape index (κ3) is 3.10. The van der Waals surface area contributed by atoms with E-state index in [1.54, 1.807) is 13.1 Å². The third-order valence-corrected chi connectivity index (χ3v) is 6.36. The molecule has 0 aliphatic carbocycles. The minimum atomic E-state index is -0.400. The van der Waals surface area contributed by atoms with Gasteiger partial charge in [-0.15, -0.1) is 0 Å². The molecule has 3 aliphatic heterocycles. The van der Waals surface area contributed by atoms with Crippen LogP contribution >= 0.6 is 35.0 Å². The van der Waals surface area contributed by atoms with Crippen LogP contribution < -0.4 is 10.5 Å². The van der Waals surface area contributed by atoms with Gasteiger partial charge in [-0.25, -0.2) is 15.0 Å². The monoisotopic (exact) mass is 426 g/mol. The summed E-state index contributed by atoms with van der Waals surface area (Å²) in [7, 11) is 2.99. The van der Waals surface area contributed by atoms with Gasteiger partial charge in [0.05, 0.1) is 40.6 Å². The molecule has 0 saturated carbocycles. The van der Waals surface area contributed by atoms with Gasteiger partial charge in [0.15, 0.2) is 0 Å². The molecule has 0 saturated heterocycles. The average Bonchev–Trinajstić information content (AvgIpc) is 3.27. The number of hydroxylamine groups is 2. The van der Waals surface area contributed by atoms with Crippen molar-refractivity contribution in [2.45, 2.75) is 12.5 Å². The molecule has 27 heavy (non-hydrogen) atoms. The molecular formula is C17H16Cl2N4O3S. The lowest BCUT2D eigenvalue weighted by atomic mass is 9.89. The predicted octanol–water partition coefficient (Wildman–Crippen LogP) is 2.96. The Morgan fingerprint density at radius 3 is 2.96 bits per heavy atom. The predicted molar refractivity (Wildman–Crippen MR) is 106 cm³/mol. The number of halogens is 2. The number of rotatable bonds is 3. The number of thioether (sulfide) groups is 1. The van der Waals surface area contributed by atoms with Crippen molar-refractivity contribution in [3.8, 4) is 5.75 Å². The van der Waals surface area contributed by atoms with Gasteiger partial charge in [0.1, 0.15) is 5.75 Å². The second-order valence-electron chi connectivity index (χ2n) is 6.19. The Morgan fingerprint density at radius 1 is 1.44 bits per heavy atom. The van der Waals surface area contributed by atoms with E-state index in [0.717, 1.165) is 16.2 Å². The smallest absolute Gasteiger partial charge is 0.283 e. The summed E-state index contributed by atoms with van der Waals surface area (Å²) in [5, 5.41) is 2.85. The number of carbonyl (C=O) groups excluding carboxylic acids is 1. The van der Waals surface area contributed by atoms with Crippen LogP contribution in [-0.4, -0.2) is 42.7 Å². The largest absolute Gasteiger partial charge is 0.491 e. The normalized spacial score (nSPS) is 23.0. The fourth-order valence-corrected chi connectivity index (χ4v) is 5.18. The number of guanidine groups is 1. The highest BCUT2D eigenvalue weighted by Gasteiger charge is 2.40. The molecule has 2 unspecified atom stereocenters. The van der Waals surface area contributed by atoms with E-state index < -0.39 is 6.04 Å². The Labute approximate surface area is 170 Å². The van der Waals surface area contributed by atoms with Crippen LogP contribution in [0.2, 0.25) is 10.0 Å². The molecule has 2 atom stereocenters. The summed E-state index contributed by atoms with van der Waals surface area (Å²) < 4.78 is 5.66. The molecule has 7 nitrogen and oxygen atoms in total. The van der Waals surface area contributed by atoms with Crippen LogP contribution in [0.15, 0.2) is 27.0 Å². The molecule has 0 fully saturated rings. The number of nitrogens with zero attached hydrogens (tertiary/aromatic N) is 3. The van der Waals surface area contributed by atoms with Gasteiger partial charge in [-0.3, -0.25) is 9.63 Å². The molecule has 1 aromatic carbocycles. The fraction of sp³-hybridized carbons (Fsp3) is 0.353. The summed E-state index contributed by atoms with van der Waals surface area (Å²) in [4.78, 5) is 26.8. The van der Waals surface area contributed by atoms with Gasteiger partial charge in [0.25, 0.3) is 5.91 Å². The topological polar surface area (TPSA) is 89.5 Å². The molecule has 0 bridgehead atoms. The zero-order chi connectivity index (χ0) is 19.3. The number of hydrogen-bond acceptors (Lipinski definition) is 7. The van der Waals surface area contributed by atoms with Crippen LogP contribution in [0, 0.1) is 5.92 Å². The van der Waals surface area contributed by atoms with E-state index in [0.29, 0.717) is 38.8 Å². The second-order valence-corrected chi connectivity index (χ2v) is 8.06. The third-order valence-electron chi connectivity index (χ3n) is 4.66. The number of carbonyl (C=O) groups is 1. The molecule has 10 heteroatoms. The van der Waals surface area contributed by atoms with Crippen molar-refractivity contribution in [1.29, 1.82) is 0 Å². The number of amides is 1. The Morgan fingerprint density at radius 2 is 2.22 bits per heavy atom. The molecule has 4 rings (SSSR count). The lowest BCUT2D eigenvalue weighted by Gasteiger charge is -2.25. The highest BCUT2D eigenvalue weighted by Crippen LogP contribution is 2.49. The van der Waals surface area contributed by atoms with Crippen molar-refractivity contribution < 1.29 is 14.4 Å². The molecule has 1 amide bonds. The number of nitrogens with two attached hydrogens (primary N) is 1. The average molecular weight is 427 g/mol. The van der Waals surface area contributed by atoms with Gasteiger partial charge in [-0.05, 0) is 6.07 Å². The van der Waals surface area contributed by atoms with Crippen LogP contribution in [0.1, 0.15) is 17.2 Å². The fourth-order valence-electron chi connectivity index (χ4n) is 3.38. The summed E-state index contributed by atoms with van der Waals surface area (Å²) in [5.74, 6) is 0.293. The Balaban J connectivity index is 1.79. The second kappa shape index (κ2) is 7.01. The van der Waals surface area contributed by atoms with Crippen LogP contribution in [0.25, 0.3) is 0 Å². The summed E-state index contributed by atoms with van der Waals surface area (Å²) in [6.45, 7) is 0.535. The van der Waals surface area contributed by atoms with Gasteiger partial charge in [0.2, 0.25) is 5.96 Å². The first kappa shape index (κ1) is 18.6. The SMILES string of the molecule is CON(C)C(=O)C1=CC2C(=NC(N)=NC2c2c(Cl)cc(Cl)c3c2CCO3)S1. The summed E-state index contributed by atoms with van der Waals surface area (Å²) in [6, 6.07) is 1.26. The quantitative estimate of drug-likeness (QED) is 0.750. The van der Waals surface area contributed by atoms with Gasteiger partial charge in [-0.1, -0.05) is 41.0 Å². The molecule has 1 aromatic rings. The number of likely N-dealkylation sites (N-methyl/N-ethyl adjacent to an activating group) is 1. The Hall–Kier alpha value is -1.74. The maximum Gasteiger partial charge on any atom is 0.283 e. The zero-order valence-corrected chi connectivity index (χ0v) is 16.9. The van der Waals surface area contributed by atoms with E-state index >= 15 is 0 Å². The van der Waals surface area contributed by atoms with Gasteiger partial charge >= 0.3 is 0 Å². The number of fused-ring (bicyclic) bond motifs is 2. The van der Waals surface area contributed by atoms with Crippen LogP contribution in [-0.2, 0) is 16.1 Å². The molecule has 0 spiro atoms. The van der Waals surface area contributed by atoms with Crippen LogP contribution in [0.4, 0.5) is 0 Å². The van der Waals surface area contributed by atoms with E-state index in [1.165, 1.54) is 18.9 Å². The van der Waals surface area contributed by atoms with Crippen molar-refractivity contribution in [1.82, 2.24) is 5.06 Å². The maximum absolute atomic E-state index is 12.5. The zero-order valence-electron chi connectivity index (χ0n) is 14.5. The first-order valence-electron chi connectivity index (χ1n) is 8.18. The van der Waals surface area contributed by atoms with Crippen LogP contribution in [0.3, 0.4) is 0 Å². The van der Waals surface area contributed by atoms with E-state index in [1.807, 2.05) is 6.08 Å². The Bertz CT molecular complexity index is 931. The van der Waals surface area contributed by atoms with Crippen molar-refractivity contribution in [2.24, 2.45) is 21.6 Å². The van der Waals surface area contributed by atoms with Crippen molar-refractivity contribution in [3.63, 3.8) is 0 Å². The van der Waals surface area contributed by atoms with E-state index in [9.17, 15) is 4.79 Å². The lowest BCUT2D eigenvalue weighted by molar-refractivity contribution is -0.163. The van der Waals surface area contributed by atoms with E-state index in [2.05, 4.69) is 9.98 Å². The maximum atomic E-state index is 12.5. The number of ether oxygens (including phenoxy) is 1. The molecular weight excluding hydrogens is 411 g/mol. The highest BCUT2D eigenvalue weighted by molar-refractivity contribution is 8.18. The molecule has 3 heterocycles. The highest BCUT2D eigenvalue weighted by atomic mass is 35.5. The Kier molecular flexibility index (Phi) is 4.84. The van der Waals surface area contributed by atoms with E-state index in [4.69, 9.17) is 38.5 Å². The molecule has 3 aliphatic rings. The first-order valence-corrected chi connectivity index (χ1v) is 9.75. The number of aliphatic imine (C=N–C) groups is 2. The summed E-state index contributed by atoms with van der Waals surface area (Å²) in [5.41, 5.74) is 7.71.